The minimum atomic E-state index is -0.310. The summed E-state index contributed by atoms with van der Waals surface area (Å²) in [4.78, 5) is 31.4. The molecule has 24 heavy (non-hydrogen) atoms. The molecule has 1 aliphatic heterocycles. The van der Waals surface area contributed by atoms with Crippen molar-refractivity contribution in [2.75, 3.05) is 0 Å². The number of piperidine rings is 1. The molecule has 0 N–H and O–H groups in total. The lowest BCUT2D eigenvalue weighted by Gasteiger charge is -2.39. The van der Waals surface area contributed by atoms with Crippen molar-refractivity contribution in [3.05, 3.63) is 38.9 Å². The SMILES string of the molecule is C[C@@H]1CCC[C@H](C)N1C(=O)Cn1cnc2c(Cl)cc(Cl)cc2c1=O. The van der Waals surface area contributed by atoms with Crippen LogP contribution >= 0.6 is 23.2 Å². The topological polar surface area (TPSA) is 55.2 Å². The number of rotatable bonds is 2. The number of carbonyl (C=O) groups is 1. The van der Waals surface area contributed by atoms with Crippen molar-refractivity contribution in [1.29, 1.82) is 0 Å². The van der Waals surface area contributed by atoms with Crippen LogP contribution in [0.4, 0.5) is 0 Å². The second-order valence-corrected chi connectivity index (χ2v) is 7.23. The number of amides is 1. The van der Waals surface area contributed by atoms with Crippen molar-refractivity contribution in [2.45, 2.75) is 51.7 Å². The molecule has 1 saturated heterocycles. The van der Waals surface area contributed by atoms with Crippen LogP contribution in [0.3, 0.4) is 0 Å². The lowest BCUT2D eigenvalue weighted by molar-refractivity contribution is -0.138. The van der Waals surface area contributed by atoms with Gasteiger partial charge in [-0.2, -0.15) is 0 Å². The van der Waals surface area contributed by atoms with E-state index in [2.05, 4.69) is 18.8 Å². The molecule has 0 unspecified atom stereocenters. The van der Waals surface area contributed by atoms with E-state index in [4.69, 9.17) is 23.2 Å². The summed E-state index contributed by atoms with van der Waals surface area (Å²) in [6.45, 7) is 4.07. The van der Waals surface area contributed by atoms with Crippen LogP contribution in [0.1, 0.15) is 33.1 Å². The van der Waals surface area contributed by atoms with Crippen LogP contribution in [0.25, 0.3) is 10.9 Å². The van der Waals surface area contributed by atoms with Gasteiger partial charge >= 0.3 is 0 Å². The fourth-order valence-electron chi connectivity index (χ4n) is 3.45. The quantitative estimate of drug-likeness (QED) is 0.815. The van der Waals surface area contributed by atoms with Crippen LogP contribution < -0.4 is 5.56 Å². The molecule has 1 aliphatic rings. The summed E-state index contributed by atoms with van der Waals surface area (Å²) in [5, 5.41) is 1.02. The van der Waals surface area contributed by atoms with Gasteiger partial charge < -0.3 is 4.90 Å². The van der Waals surface area contributed by atoms with Gasteiger partial charge in [-0.25, -0.2) is 4.98 Å². The van der Waals surface area contributed by atoms with Gasteiger partial charge in [0.2, 0.25) is 5.91 Å². The Morgan fingerprint density at radius 3 is 2.58 bits per heavy atom. The molecule has 2 aromatic rings. The maximum atomic E-state index is 12.7. The molecule has 2 atom stereocenters. The van der Waals surface area contributed by atoms with E-state index in [1.54, 1.807) is 6.07 Å². The molecule has 0 spiro atoms. The lowest BCUT2D eigenvalue weighted by Crippen LogP contribution is -2.49. The average Bonchev–Trinajstić information content (AvgIpc) is 2.50. The molecule has 1 fully saturated rings. The number of nitrogens with zero attached hydrogens (tertiary/aromatic N) is 3. The van der Waals surface area contributed by atoms with Gasteiger partial charge in [0.1, 0.15) is 6.54 Å². The van der Waals surface area contributed by atoms with E-state index in [9.17, 15) is 9.59 Å². The number of halogens is 2. The molecule has 1 aromatic heterocycles. The van der Waals surface area contributed by atoms with Gasteiger partial charge in [-0.15, -0.1) is 0 Å². The second-order valence-electron chi connectivity index (χ2n) is 6.39. The monoisotopic (exact) mass is 367 g/mol. The Morgan fingerprint density at radius 1 is 1.25 bits per heavy atom. The average molecular weight is 368 g/mol. The molecule has 0 saturated carbocycles. The molecular formula is C17H19Cl2N3O2. The molecule has 1 aromatic carbocycles. The molecule has 0 radical (unpaired) electrons. The molecule has 128 valence electrons. The maximum Gasteiger partial charge on any atom is 0.261 e. The van der Waals surface area contributed by atoms with E-state index in [1.165, 1.54) is 17.0 Å². The first-order valence-electron chi connectivity index (χ1n) is 8.04. The normalized spacial score (nSPS) is 21.2. The third kappa shape index (κ3) is 3.15. The molecule has 1 amide bonds. The Kier molecular flexibility index (Phi) is 4.83. The number of aromatic nitrogens is 2. The fourth-order valence-corrected chi connectivity index (χ4v) is 3.99. The Balaban J connectivity index is 1.94. The van der Waals surface area contributed by atoms with Crippen molar-refractivity contribution in [3.63, 3.8) is 0 Å². The summed E-state index contributed by atoms with van der Waals surface area (Å²) in [5.74, 6) is -0.0638. The van der Waals surface area contributed by atoms with Gasteiger partial charge in [0, 0.05) is 17.1 Å². The van der Waals surface area contributed by atoms with Gasteiger partial charge in [0.25, 0.3) is 5.56 Å². The molecule has 0 aliphatic carbocycles. The number of hydrogen-bond acceptors (Lipinski definition) is 3. The Hall–Kier alpha value is -1.59. The summed E-state index contributed by atoms with van der Waals surface area (Å²) in [7, 11) is 0. The molecule has 0 bridgehead atoms. The van der Waals surface area contributed by atoms with Crippen LogP contribution in [0, 0.1) is 0 Å². The van der Waals surface area contributed by atoms with Crippen molar-refractivity contribution >= 4 is 40.0 Å². The molecular weight excluding hydrogens is 349 g/mol. The zero-order chi connectivity index (χ0) is 17.4. The van der Waals surface area contributed by atoms with Crippen LogP contribution in [0.15, 0.2) is 23.3 Å². The first-order chi connectivity index (χ1) is 11.4. The summed E-state index contributed by atoms with van der Waals surface area (Å²) >= 11 is 12.1. The predicted octanol–water partition coefficient (Wildman–Crippen LogP) is 3.49. The first-order valence-corrected chi connectivity index (χ1v) is 8.79. The number of hydrogen-bond donors (Lipinski definition) is 0. The summed E-state index contributed by atoms with van der Waals surface area (Å²) < 4.78 is 1.32. The smallest absolute Gasteiger partial charge is 0.261 e. The summed E-state index contributed by atoms with van der Waals surface area (Å²) in [5.41, 5.74) is 0.0875. The van der Waals surface area contributed by atoms with Crippen molar-refractivity contribution in [2.24, 2.45) is 0 Å². The third-order valence-corrected chi connectivity index (χ3v) is 5.14. The Morgan fingerprint density at radius 2 is 1.92 bits per heavy atom. The van der Waals surface area contributed by atoms with Gasteiger partial charge in [0.15, 0.2) is 0 Å². The minimum absolute atomic E-state index is 0.0272. The maximum absolute atomic E-state index is 12.7. The summed E-state index contributed by atoms with van der Waals surface area (Å²) in [6, 6.07) is 3.46. The van der Waals surface area contributed by atoms with Crippen molar-refractivity contribution in [3.8, 4) is 0 Å². The van der Waals surface area contributed by atoms with Gasteiger partial charge in [0.05, 0.1) is 22.3 Å². The summed E-state index contributed by atoms with van der Waals surface area (Å²) in [6.07, 6.45) is 4.49. The zero-order valence-electron chi connectivity index (χ0n) is 13.6. The molecule has 3 rings (SSSR count). The predicted molar refractivity (Wildman–Crippen MR) is 95.6 cm³/mol. The lowest BCUT2D eigenvalue weighted by atomic mass is 9.97. The van der Waals surface area contributed by atoms with E-state index >= 15 is 0 Å². The largest absolute Gasteiger partial charge is 0.336 e. The van der Waals surface area contributed by atoms with Crippen LogP contribution in [0.5, 0.6) is 0 Å². The van der Waals surface area contributed by atoms with Crippen LogP contribution in [-0.4, -0.2) is 32.4 Å². The highest BCUT2D eigenvalue weighted by Crippen LogP contribution is 2.25. The van der Waals surface area contributed by atoms with E-state index in [-0.39, 0.29) is 30.1 Å². The second kappa shape index (κ2) is 6.73. The Bertz CT molecular complexity index is 840. The van der Waals surface area contributed by atoms with E-state index in [0.29, 0.717) is 20.9 Å². The molecule has 2 heterocycles. The van der Waals surface area contributed by atoms with Crippen molar-refractivity contribution in [1.82, 2.24) is 14.5 Å². The Labute approximate surface area is 150 Å². The van der Waals surface area contributed by atoms with Gasteiger partial charge in [-0.1, -0.05) is 23.2 Å². The standard InChI is InChI=1S/C17H19Cl2N3O2/c1-10-4-3-5-11(2)22(10)15(23)8-21-9-20-16-13(17(21)24)6-12(18)7-14(16)19/h6-7,9-11H,3-5,8H2,1-2H3/t10-,11+. The van der Waals surface area contributed by atoms with Crippen molar-refractivity contribution < 1.29 is 4.79 Å². The minimum Gasteiger partial charge on any atom is -0.336 e. The van der Waals surface area contributed by atoms with E-state index < -0.39 is 0 Å². The number of benzene rings is 1. The zero-order valence-corrected chi connectivity index (χ0v) is 15.1. The van der Waals surface area contributed by atoms with Gasteiger partial charge in [-0.05, 0) is 45.2 Å². The van der Waals surface area contributed by atoms with Crippen LogP contribution in [-0.2, 0) is 11.3 Å². The third-order valence-electron chi connectivity index (χ3n) is 4.63. The first kappa shape index (κ1) is 17.2. The molecule has 5 nitrogen and oxygen atoms in total. The number of likely N-dealkylation sites (tertiary alicyclic amines) is 1. The highest BCUT2D eigenvalue weighted by Gasteiger charge is 2.29. The molecule has 7 heteroatoms. The number of fused-ring (bicyclic) bond motifs is 1. The fraction of sp³-hybridized carbons (Fsp3) is 0.471. The number of carbonyl (C=O) groups excluding carboxylic acids is 1. The van der Waals surface area contributed by atoms with Crippen LogP contribution in [0.2, 0.25) is 10.0 Å². The van der Waals surface area contributed by atoms with E-state index in [0.717, 1.165) is 19.3 Å². The van der Waals surface area contributed by atoms with E-state index in [1.807, 2.05) is 4.90 Å². The van der Waals surface area contributed by atoms with Gasteiger partial charge in [-0.3, -0.25) is 14.2 Å². The highest BCUT2D eigenvalue weighted by atomic mass is 35.5. The highest BCUT2D eigenvalue weighted by molar-refractivity contribution is 6.38.